The molecule has 1 rings (SSSR count). The molecule has 0 aromatic heterocycles. The fourth-order valence-electron chi connectivity index (χ4n) is 0.666. The van der Waals surface area contributed by atoms with E-state index in [4.69, 9.17) is 5.11 Å². The Bertz CT molecular complexity index is 263. The normalized spacial score (nSPS) is 13.0. The van der Waals surface area contributed by atoms with Gasteiger partial charge in [0.2, 0.25) is 0 Å². The van der Waals surface area contributed by atoms with Crippen molar-refractivity contribution in [2.45, 2.75) is 4.90 Å². The summed E-state index contributed by atoms with van der Waals surface area (Å²) in [6.45, 7) is 0. The highest BCUT2D eigenvalue weighted by Crippen LogP contribution is 2.18. The van der Waals surface area contributed by atoms with Crippen LogP contribution in [0.3, 0.4) is 0 Å². The Balaban J connectivity index is 3.05. The number of phenols is 1. The molecule has 1 atom stereocenters. The molecule has 1 aromatic rings. The van der Waals surface area contributed by atoms with Crippen molar-refractivity contribution in [3.05, 3.63) is 24.0 Å². The van der Waals surface area contributed by atoms with Crippen LogP contribution in [0.1, 0.15) is 0 Å². The second-order valence-electron chi connectivity index (χ2n) is 2.07. The number of hydrogen-bond acceptors (Lipinski definition) is 2. The highest BCUT2D eigenvalue weighted by atomic mass is 32.2. The fraction of sp³-hybridized carbons (Fsp3) is 0.143. The maximum atomic E-state index is 12.6. The molecule has 1 N–H and O–H groups in total. The second kappa shape index (κ2) is 3.11. The molecule has 4 heteroatoms. The Hall–Kier alpha value is -0.740. The van der Waals surface area contributed by atoms with Crippen LogP contribution in [0.15, 0.2) is 23.1 Å². The van der Waals surface area contributed by atoms with E-state index in [-0.39, 0.29) is 0 Å². The van der Waals surface area contributed by atoms with Crippen molar-refractivity contribution < 1.29 is 14.0 Å². The SMILES string of the molecule is C[S+]([O-])c1ccc(O)c(F)c1. The molecule has 0 bridgehead atoms. The van der Waals surface area contributed by atoms with Crippen LogP contribution in [-0.2, 0) is 11.2 Å². The molecule has 0 heterocycles. The molecule has 11 heavy (non-hydrogen) atoms. The van der Waals surface area contributed by atoms with Gasteiger partial charge in [0.15, 0.2) is 16.5 Å². The molecule has 0 aliphatic carbocycles. The van der Waals surface area contributed by atoms with E-state index in [2.05, 4.69) is 0 Å². The summed E-state index contributed by atoms with van der Waals surface area (Å²) in [6, 6.07) is 3.67. The number of halogens is 1. The average Bonchev–Trinajstić information content (AvgIpc) is 1.94. The van der Waals surface area contributed by atoms with E-state index in [1.54, 1.807) is 0 Å². The van der Waals surface area contributed by atoms with Crippen LogP contribution in [0.25, 0.3) is 0 Å². The first-order chi connectivity index (χ1) is 5.11. The zero-order valence-corrected chi connectivity index (χ0v) is 6.69. The maximum absolute atomic E-state index is 12.6. The first-order valence-electron chi connectivity index (χ1n) is 2.93. The van der Waals surface area contributed by atoms with Gasteiger partial charge in [0.1, 0.15) is 6.26 Å². The van der Waals surface area contributed by atoms with E-state index < -0.39 is 22.7 Å². The van der Waals surface area contributed by atoms with Crippen molar-refractivity contribution in [2.75, 3.05) is 6.26 Å². The summed E-state index contributed by atoms with van der Waals surface area (Å²) in [7, 11) is 0. The molecule has 0 amide bonds. The maximum Gasteiger partial charge on any atom is 0.169 e. The zero-order chi connectivity index (χ0) is 8.43. The van der Waals surface area contributed by atoms with Gasteiger partial charge in [0.05, 0.1) is 0 Å². The molecule has 60 valence electrons. The minimum atomic E-state index is -1.20. The lowest BCUT2D eigenvalue weighted by molar-refractivity contribution is 0.431. The first kappa shape index (κ1) is 8.36. The van der Waals surface area contributed by atoms with Gasteiger partial charge in [0.25, 0.3) is 0 Å². The van der Waals surface area contributed by atoms with E-state index in [1.807, 2.05) is 0 Å². The molecule has 2 nitrogen and oxygen atoms in total. The lowest BCUT2D eigenvalue weighted by Gasteiger charge is -2.03. The highest BCUT2D eigenvalue weighted by molar-refractivity contribution is 7.90. The Morgan fingerprint density at radius 1 is 1.55 bits per heavy atom. The van der Waals surface area contributed by atoms with Crippen LogP contribution in [0, 0.1) is 5.82 Å². The van der Waals surface area contributed by atoms with Crippen LogP contribution < -0.4 is 0 Å². The monoisotopic (exact) mass is 174 g/mol. The standard InChI is InChI=1S/C7H7FO2S/c1-11(10)5-2-3-7(9)6(8)4-5/h2-4,9H,1H3. The summed E-state index contributed by atoms with van der Waals surface area (Å²) in [5.41, 5.74) is 0. The van der Waals surface area contributed by atoms with Gasteiger partial charge in [0, 0.05) is 6.07 Å². The van der Waals surface area contributed by atoms with Crippen LogP contribution in [0.2, 0.25) is 0 Å². The number of hydrogen-bond donors (Lipinski definition) is 1. The summed E-state index contributed by atoms with van der Waals surface area (Å²) in [5, 5.41) is 8.75. The van der Waals surface area contributed by atoms with E-state index in [1.165, 1.54) is 18.4 Å². The lowest BCUT2D eigenvalue weighted by Crippen LogP contribution is -1.97. The minimum absolute atomic E-state index is 0.375. The molecule has 0 saturated heterocycles. The number of benzene rings is 1. The lowest BCUT2D eigenvalue weighted by atomic mass is 10.3. The van der Waals surface area contributed by atoms with Gasteiger partial charge in [-0.1, -0.05) is 0 Å². The van der Waals surface area contributed by atoms with E-state index in [0.29, 0.717) is 4.90 Å². The molecule has 0 aliphatic heterocycles. The predicted molar refractivity (Wildman–Crippen MR) is 40.4 cm³/mol. The van der Waals surface area contributed by atoms with Crippen LogP contribution in [-0.4, -0.2) is 15.9 Å². The van der Waals surface area contributed by atoms with Gasteiger partial charge in [-0.05, 0) is 23.3 Å². The van der Waals surface area contributed by atoms with Crippen molar-refractivity contribution >= 4 is 11.2 Å². The highest BCUT2D eigenvalue weighted by Gasteiger charge is 2.07. The predicted octanol–water partition coefficient (Wildman–Crippen LogP) is 1.27. The van der Waals surface area contributed by atoms with Gasteiger partial charge >= 0.3 is 0 Å². The van der Waals surface area contributed by atoms with Gasteiger partial charge in [-0.3, -0.25) is 0 Å². The van der Waals surface area contributed by atoms with Crippen LogP contribution >= 0.6 is 0 Å². The average molecular weight is 174 g/mol. The third-order valence-electron chi connectivity index (χ3n) is 1.25. The Labute approximate surface area is 66.9 Å². The quantitative estimate of drug-likeness (QED) is 0.651. The molecular formula is C7H7FO2S. The number of phenolic OH excluding ortho intramolecular Hbond substituents is 1. The summed E-state index contributed by atoms with van der Waals surface area (Å²) < 4.78 is 23.3. The Morgan fingerprint density at radius 2 is 2.18 bits per heavy atom. The third-order valence-corrected chi connectivity index (χ3v) is 2.17. The molecule has 0 spiro atoms. The van der Waals surface area contributed by atoms with Crippen molar-refractivity contribution in [1.82, 2.24) is 0 Å². The molecule has 0 saturated carbocycles. The molecule has 0 fully saturated rings. The van der Waals surface area contributed by atoms with Crippen molar-refractivity contribution in [3.8, 4) is 5.75 Å². The summed E-state index contributed by atoms with van der Waals surface area (Å²) >= 11 is -1.20. The first-order valence-corrected chi connectivity index (χ1v) is 4.49. The topological polar surface area (TPSA) is 43.3 Å². The number of rotatable bonds is 1. The molecular weight excluding hydrogens is 167 g/mol. The Morgan fingerprint density at radius 3 is 2.64 bits per heavy atom. The fourth-order valence-corrected chi connectivity index (χ4v) is 1.20. The molecule has 0 radical (unpaired) electrons. The minimum Gasteiger partial charge on any atom is -0.612 e. The van der Waals surface area contributed by atoms with E-state index >= 15 is 0 Å². The zero-order valence-electron chi connectivity index (χ0n) is 5.87. The van der Waals surface area contributed by atoms with Gasteiger partial charge in [-0.2, -0.15) is 0 Å². The summed E-state index contributed by atoms with van der Waals surface area (Å²) in [5.74, 6) is -1.16. The van der Waals surface area contributed by atoms with Crippen molar-refractivity contribution in [1.29, 1.82) is 0 Å². The number of aromatic hydroxyl groups is 1. The van der Waals surface area contributed by atoms with E-state index in [0.717, 1.165) is 6.07 Å². The second-order valence-corrected chi connectivity index (χ2v) is 3.45. The molecule has 0 aliphatic rings. The summed E-state index contributed by atoms with van der Waals surface area (Å²) in [6.07, 6.45) is 1.45. The third kappa shape index (κ3) is 1.85. The van der Waals surface area contributed by atoms with Crippen molar-refractivity contribution in [2.24, 2.45) is 0 Å². The largest absolute Gasteiger partial charge is 0.612 e. The van der Waals surface area contributed by atoms with E-state index in [9.17, 15) is 8.94 Å². The molecule has 1 unspecified atom stereocenters. The van der Waals surface area contributed by atoms with Gasteiger partial charge in [-0.15, -0.1) is 0 Å². The van der Waals surface area contributed by atoms with Crippen molar-refractivity contribution in [3.63, 3.8) is 0 Å². The Kier molecular flexibility index (Phi) is 2.36. The summed E-state index contributed by atoms with van der Waals surface area (Å²) in [4.78, 5) is 0.375. The molecule has 1 aromatic carbocycles. The smallest absolute Gasteiger partial charge is 0.169 e. The van der Waals surface area contributed by atoms with Gasteiger partial charge < -0.3 is 9.66 Å². The van der Waals surface area contributed by atoms with Crippen LogP contribution in [0.4, 0.5) is 4.39 Å². The van der Waals surface area contributed by atoms with Crippen LogP contribution in [0.5, 0.6) is 5.75 Å². The van der Waals surface area contributed by atoms with Gasteiger partial charge in [-0.25, -0.2) is 4.39 Å².